The molecule has 2 rings (SSSR count). The van der Waals surface area contributed by atoms with Crippen LogP contribution in [0.1, 0.15) is 11.1 Å². The molecule has 1 unspecified atom stereocenters. The summed E-state index contributed by atoms with van der Waals surface area (Å²) in [5, 5.41) is 20.4. The van der Waals surface area contributed by atoms with Crippen LogP contribution in [0.25, 0.3) is 10.9 Å². The summed E-state index contributed by atoms with van der Waals surface area (Å²) in [4.78, 5) is 24.1. The van der Waals surface area contributed by atoms with E-state index in [0.29, 0.717) is 16.5 Å². The molecule has 0 radical (unpaired) electrons. The predicted molar refractivity (Wildman–Crippen MR) is 69.0 cm³/mol. The van der Waals surface area contributed by atoms with E-state index < -0.39 is 16.9 Å². The van der Waals surface area contributed by atoms with Crippen LogP contribution in [0, 0.1) is 17.0 Å². The van der Waals surface area contributed by atoms with Gasteiger partial charge >= 0.3 is 5.97 Å². The molecule has 4 N–H and O–H groups in total. The van der Waals surface area contributed by atoms with E-state index in [1.165, 1.54) is 6.07 Å². The summed E-state index contributed by atoms with van der Waals surface area (Å²) < 4.78 is 0. The molecule has 100 valence electrons. The second-order valence-corrected chi connectivity index (χ2v) is 4.37. The number of hydrogen-bond donors (Lipinski definition) is 3. The Balaban J connectivity index is 2.56. The zero-order valence-electron chi connectivity index (χ0n) is 10.2. The number of carbonyl (C=O) groups is 1. The quantitative estimate of drug-likeness (QED) is 0.567. The van der Waals surface area contributed by atoms with Crippen molar-refractivity contribution in [1.82, 2.24) is 4.98 Å². The van der Waals surface area contributed by atoms with Crippen molar-refractivity contribution in [1.29, 1.82) is 0 Å². The van der Waals surface area contributed by atoms with Crippen LogP contribution < -0.4 is 5.73 Å². The van der Waals surface area contributed by atoms with Crippen molar-refractivity contribution in [2.75, 3.05) is 0 Å². The van der Waals surface area contributed by atoms with Crippen molar-refractivity contribution in [2.24, 2.45) is 5.73 Å². The molecule has 0 saturated carbocycles. The summed E-state index contributed by atoms with van der Waals surface area (Å²) in [5.74, 6) is -1.10. The third-order valence-corrected chi connectivity index (χ3v) is 3.06. The molecule has 0 amide bonds. The van der Waals surface area contributed by atoms with Gasteiger partial charge in [-0.05, 0) is 18.1 Å². The van der Waals surface area contributed by atoms with E-state index in [1.54, 1.807) is 12.3 Å². The summed E-state index contributed by atoms with van der Waals surface area (Å²) in [6.07, 6.45) is 1.70. The molecule has 1 heterocycles. The number of aliphatic carboxylic acids is 1. The number of nitro benzene ring substituents is 1. The molecule has 1 atom stereocenters. The zero-order chi connectivity index (χ0) is 14.2. The van der Waals surface area contributed by atoms with E-state index in [4.69, 9.17) is 10.8 Å². The lowest BCUT2D eigenvalue weighted by Gasteiger charge is -2.06. The lowest BCUT2D eigenvalue weighted by Crippen LogP contribution is -2.32. The molecular formula is C12H13N3O4. The maximum Gasteiger partial charge on any atom is 0.320 e. The van der Waals surface area contributed by atoms with Gasteiger partial charge in [0.25, 0.3) is 5.69 Å². The number of benzene rings is 1. The molecule has 2 aromatic rings. The summed E-state index contributed by atoms with van der Waals surface area (Å²) in [5.41, 5.74) is 7.38. The minimum absolute atomic E-state index is 0.0317. The van der Waals surface area contributed by atoms with Crippen LogP contribution in [0.3, 0.4) is 0 Å². The number of nitro groups is 1. The van der Waals surface area contributed by atoms with E-state index >= 15 is 0 Å². The topological polar surface area (TPSA) is 122 Å². The Bertz CT molecular complexity index is 662. The third-order valence-electron chi connectivity index (χ3n) is 3.06. The summed E-state index contributed by atoms with van der Waals surface area (Å²) in [7, 11) is 0. The normalized spacial score (nSPS) is 12.5. The van der Waals surface area contributed by atoms with Gasteiger partial charge in [0.05, 0.1) is 4.92 Å². The highest BCUT2D eigenvalue weighted by atomic mass is 16.6. The van der Waals surface area contributed by atoms with Crippen LogP contribution in [-0.2, 0) is 11.2 Å². The molecule has 7 heteroatoms. The molecular weight excluding hydrogens is 250 g/mol. The number of non-ortho nitro benzene ring substituents is 1. The maximum absolute atomic E-state index is 10.9. The number of nitrogens with two attached hydrogens (primary N) is 1. The van der Waals surface area contributed by atoms with Gasteiger partial charge in [-0.3, -0.25) is 14.9 Å². The Morgan fingerprint density at radius 3 is 2.84 bits per heavy atom. The number of H-pyrrole nitrogens is 1. The minimum atomic E-state index is -1.10. The number of carboxylic acid groups (broad SMARTS) is 1. The zero-order valence-corrected chi connectivity index (χ0v) is 10.2. The van der Waals surface area contributed by atoms with Crippen LogP contribution in [0.2, 0.25) is 0 Å². The first kappa shape index (κ1) is 13.0. The monoisotopic (exact) mass is 263 g/mol. The van der Waals surface area contributed by atoms with Gasteiger partial charge in [0.1, 0.15) is 11.6 Å². The second kappa shape index (κ2) is 4.69. The van der Waals surface area contributed by atoms with Crippen LogP contribution in [0.4, 0.5) is 5.69 Å². The van der Waals surface area contributed by atoms with Gasteiger partial charge in [-0.15, -0.1) is 0 Å². The summed E-state index contributed by atoms with van der Waals surface area (Å²) in [6, 6.07) is 2.04. The molecule has 0 aliphatic rings. The number of aromatic nitrogens is 1. The van der Waals surface area contributed by atoms with Crippen LogP contribution in [0.15, 0.2) is 18.3 Å². The van der Waals surface area contributed by atoms with E-state index in [2.05, 4.69) is 4.98 Å². The largest absolute Gasteiger partial charge is 0.480 e. The molecule has 19 heavy (non-hydrogen) atoms. The average molecular weight is 263 g/mol. The number of hydrogen-bond acceptors (Lipinski definition) is 4. The average Bonchev–Trinajstić information content (AvgIpc) is 2.73. The predicted octanol–water partition coefficient (Wildman–Crippen LogP) is 1.34. The second-order valence-electron chi connectivity index (χ2n) is 4.37. The van der Waals surface area contributed by atoms with Crippen LogP contribution in [0.5, 0.6) is 0 Å². The lowest BCUT2D eigenvalue weighted by molar-refractivity contribution is -0.383. The van der Waals surface area contributed by atoms with Gasteiger partial charge in [0.2, 0.25) is 0 Å². The van der Waals surface area contributed by atoms with Crippen molar-refractivity contribution < 1.29 is 14.8 Å². The van der Waals surface area contributed by atoms with Gasteiger partial charge in [0.15, 0.2) is 0 Å². The number of fused-ring (bicyclic) bond motifs is 1. The SMILES string of the molecule is Cc1ccc([N+](=O)[O-])c2[nH]cc(CC(N)C(=O)O)c12. The maximum atomic E-state index is 10.9. The van der Waals surface area contributed by atoms with Crippen molar-refractivity contribution in [2.45, 2.75) is 19.4 Å². The van der Waals surface area contributed by atoms with Gasteiger partial charge in [-0.1, -0.05) is 6.07 Å². The number of aryl methyl sites for hydroxylation is 1. The van der Waals surface area contributed by atoms with E-state index in [1.807, 2.05) is 6.92 Å². The highest BCUT2D eigenvalue weighted by Crippen LogP contribution is 2.30. The minimum Gasteiger partial charge on any atom is -0.480 e. The first-order valence-corrected chi connectivity index (χ1v) is 5.64. The fraction of sp³-hybridized carbons (Fsp3) is 0.250. The fourth-order valence-corrected chi connectivity index (χ4v) is 2.12. The molecule has 0 saturated heterocycles. The molecule has 0 bridgehead atoms. The van der Waals surface area contributed by atoms with Crippen molar-refractivity contribution in [3.63, 3.8) is 0 Å². The lowest BCUT2D eigenvalue weighted by atomic mass is 10.0. The number of nitrogens with zero attached hydrogens (tertiary/aromatic N) is 1. The molecule has 0 fully saturated rings. The highest BCUT2D eigenvalue weighted by molar-refractivity contribution is 5.93. The fourth-order valence-electron chi connectivity index (χ4n) is 2.12. The number of nitrogens with one attached hydrogen (secondary N) is 1. The van der Waals surface area contributed by atoms with E-state index in [9.17, 15) is 14.9 Å². The number of rotatable bonds is 4. The molecule has 0 spiro atoms. The van der Waals surface area contributed by atoms with Gasteiger partial charge in [-0.25, -0.2) is 0 Å². The molecule has 0 aliphatic carbocycles. The van der Waals surface area contributed by atoms with Crippen LogP contribution in [-0.4, -0.2) is 27.0 Å². The smallest absolute Gasteiger partial charge is 0.320 e. The molecule has 7 nitrogen and oxygen atoms in total. The van der Waals surface area contributed by atoms with Gasteiger partial charge in [0, 0.05) is 24.1 Å². The first-order chi connectivity index (χ1) is 8.91. The summed E-state index contributed by atoms with van der Waals surface area (Å²) in [6.45, 7) is 1.82. The first-order valence-electron chi connectivity index (χ1n) is 5.64. The summed E-state index contributed by atoms with van der Waals surface area (Å²) >= 11 is 0. The third kappa shape index (κ3) is 2.27. The van der Waals surface area contributed by atoms with Crippen molar-refractivity contribution in [3.8, 4) is 0 Å². The van der Waals surface area contributed by atoms with Crippen molar-refractivity contribution >= 4 is 22.6 Å². The Morgan fingerprint density at radius 2 is 2.26 bits per heavy atom. The van der Waals surface area contributed by atoms with Crippen molar-refractivity contribution in [3.05, 3.63) is 39.6 Å². The Morgan fingerprint density at radius 1 is 1.58 bits per heavy atom. The Hall–Kier alpha value is -2.41. The highest BCUT2D eigenvalue weighted by Gasteiger charge is 2.20. The number of aromatic amines is 1. The molecule has 1 aromatic heterocycles. The standard InChI is InChI=1S/C12H13N3O4/c1-6-2-3-9(15(18)19)11-10(6)7(5-14-11)4-8(13)12(16)17/h2-3,5,8,14H,4,13H2,1H3,(H,16,17). The molecule has 1 aromatic carbocycles. The van der Waals surface area contributed by atoms with Crippen LogP contribution >= 0.6 is 0 Å². The molecule has 0 aliphatic heterocycles. The van der Waals surface area contributed by atoms with Gasteiger partial charge in [-0.2, -0.15) is 0 Å². The van der Waals surface area contributed by atoms with E-state index in [-0.39, 0.29) is 12.1 Å². The Kier molecular flexibility index (Phi) is 3.22. The number of carboxylic acids is 1. The van der Waals surface area contributed by atoms with Gasteiger partial charge < -0.3 is 15.8 Å². The van der Waals surface area contributed by atoms with E-state index in [0.717, 1.165) is 5.56 Å². The Labute approximate surface area is 108 Å².